The number of hydrogen-bond acceptors (Lipinski definition) is 3. The summed E-state index contributed by atoms with van der Waals surface area (Å²) >= 11 is 7.50. The van der Waals surface area contributed by atoms with Crippen molar-refractivity contribution in [2.75, 3.05) is 18.5 Å². The van der Waals surface area contributed by atoms with Gasteiger partial charge in [-0.25, -0.2) is 4.98 Å². The Bertz CT molecular complexity index is 560. The molecule has 1 aromatic carbocycles. The average molecular weight is 323 g/mol. The van der Waals surface area contributed by atoms with Crippen LogP contribution in [-0.2, 0) is 12.3 Å². The second-order valence-corrected chi connectivity index (χ2v) is 6.80. The number of halogens is 1. The summed E-state index contributed by atoms with van der Waals surface area (Å²) in [6.45, 7) is 5.39. The lowest BCUT2D eigenvalue weighted by Crippen LogP contribution is -2.18. The molecular formula is C17H23ClN2S. The molecule has 0 saturated carbocycles. The Balaban J connectivity index is 1.77. The first-order valence-electron chi connectivity index (χ1n) is 7.37. The Labute approximate surface area is 136 Å². The lowest BCUT2D eigenvalue weighted by molar-refractivity contribution is 0.716. The fraction of sp³-hybridized carbons (Fsp3) is 0.471. The van der Waals surface area contributed by atoms with Gasteiger partial charge in [0.2, 0.25) is 0 Å². The molecule has 0 unspecified atom stereocenters. The number of anilines is 1. The van der Waals surface area contributed by atoms with Crippen molar-refractivity contribution in [3.63, 3.8) is 0 Å². The van der Waals surface area contributed by atoms with Crippen LogP contribution >= 0.6 is 22.9 Å². The van der Waals surface area contributed by atoms with E-state index in [0.717, 1.165) is 18.7 Å². The van der Waals surface area contributed by atoms with Crippen LogP contribution in [0.25, 0.3) is 0 Å². The molecule has 114 valence electrons. The summed E-state index contributed by atoms with van der Waals surface area (Å²) in [4.78, 5) is 6.84. The SMILES string of the molecule is Cc1cc(C)cc(N(C)CCCCc2nc(CCl)cs2)c1. The van der Waals surface area contributed by atoms with Gasteiger partial charge in [0.05, 0.1) is 16.6 Å². The number of thiazole rings is 1. The largest absolute Gasteiger partial charge is 0.375 e. The van der Waals surface area contributed by atoms with E-state index in [1.807, 2.05) is 0 Å². The number of aryl methyl sites for hydroxylation is 3. The molecule has 2 aromatic rings. The van der Waals surface area contributed by atoms with E-state index in [4.69, 9.17) is 11.6 Å². The van der Waals surface area contributed by atoms with E-state index in [1.54, 1.807) is 11.3 Å². The van der Waals surface area contributed by atoms with Crippen molar-refractivity contribution in [2.24, 2.45) is 0 Å². The van der Waals surface area contributed by atoms with Crippen LogP contribution in [0.2, 0.25) is 0 Å². The third-order valence-electron chi connectivity index (χ3n) is 3.52. The van der Waals surface area contributed by atoms with Crippen molar-refractivity contribution >= 4 is 28.6 Å². The second-order valence-electron chi connectivity index (χ2n) is 5.59. The van der Waals surface area contributed by atoms with Crippen molar-refractivity contribution in [1.82, 2.24) is 4.98 Å². The van der Waals surface area contributed by atoms with Gasteiger partial charge < -0.3 is 4.90 Å². The van der Waals surface area contributed by atoms with E-state index in [0.29, 0.717) is 5.88 Å². The van der Waals surface area contributed by atoms with Crippen molar-refractivity contribution in [3.8, 4) is 0 Å². The molecule has 0 saturated heterocycles. The topological polar surface area (TPSA) is 16.1 Å². The van der Waals surface area contributed by atoms with Crippen LogP contribution in [0.5, 0.6) is 0 Å². The van der Waals surface area contributed by atoms with Gasteiger partial charge in [0.25, 0.3) is 0 Å². The van der Waals surface area contributed by atoms with Gasteiger partial charge in [-0.05, 0) is 56.4 Å². The fourth-order valence-electron chi connectivity index (χ4n) is 2.45. The van der Waals surface area contributed by atoms with E-state index >= 15 is 0 Å². The van der Waals surface area contributed by atoms with Gasteiger partial charge >= 0.3 is 0 Å². The van der Waals surface area contributed by atoms with Crippen LogP contribution in [0.4, 0.5) is 5.69 Å². The average Bonchev–Trinajstić information content (AvgIpc) is 2.90. The van der Waals surface area contributed by atoms with E-state index < -0.39 is 0 Å². The van der Waals surface area contributed by atoms with Crippen LogP contribution in [0.15, 0.2) is 23.6 Å². The Morgan fingerprint density at radius 2 is 1.86 bits per heavy atom. The zero-order valence-electron chi connectivity index (χ0n) is 13.0. The maximum atomic E-state index is 5.77. The van der Waals surface area contributed by atoms with Gasteiger partial charge in [0.1, 0.15) is 0 Å². The lowest BCUT2D eigenvalue weighted by atomic mass is 10.1. The summed E-state index contributed by atoms with van der Waals surface area (Å²) in [7, 11) is 2.17. The number of benzene rings is 1. The number of nitrogens with zero attached hydrogens (tertiary/aromatic N) is 2. The number of aromatic nitrogens is 1. The molecule has 0 amide bonds. The first-order valence-corrected chi connectivity index (χ1v) is 8.78. The third-order valence-corrected chi connectivity index (χ3v) is 4.75. The first-order chi connectivity index (χ1) is 10.1. The molecule has 0 fully saturated rings. The summed E-state index contributed by atoms with van der Waals surface area (Å²) in [6, 6.07) is 6.72. The Kier molecular flexibility index (Phi) is 6.07. The molecule has 0 atom stereocenters. The molecule has 0 aliphatic carbocycles. The van der Waals surface area contributed by atoms with E-state index in [9.17, 15) is 0 Å². The lowest BCUT2D eigenvalue weighted by Gasteiger charge is -2.20. The molecular weight excluding hydrogens is 300 g/mol. The predicted octanol–water partition coefficient (Wildman–Crippen LogP) is 4.96. The predicted molar refractivity (Wildman–Crippen MR) is 93.8 cm³/mol. The minimum Gasteiger partial charge on any atom is -0.375 e. The summed E-state index contributed by atoms with van der Waals surface area (Å²) in [5, 5.41) is 3.27. The number of unbranched alkanes of at least 4 members (excludes halogenated alkanes) is 1. The Morgan fingerprint density at radius 1 is 1.14 bits per heavy atom. The highest BCUT2D eigenvalue weighted by Gasteiger charge is 2.04. The maximum absolute atomic E-state index is 5.77. The van der Waals surface area contributed by atoms with Crippen LogP contribution in [0.1, 0.15) is 34.7 Å². The summed E-state index contributed by atoms with van der Waals surface area (Å²) in [5.41, 5.74) is 4.97. The van der Waals surface area contributed by atoms with E-state index in [-0.39, 0.29) is 0 Å². The first kappa shape index (κ1) is 16.3. The van der Waals surface area contributed by atoms with Gasteiger partial charge in [-0.15, -0.1) is 22.9 Å². The van der Waals surface area contributed by atoms with Gasteiger partial charge in [0, 0.05) is 24.7 Å². The van der Waals surface area contributed by atoms with Gasteiger partial charge in [-0.3, -0.25) is 0 Å². The molecule has 1 heterocycles. The van der Waals surface area contributed by atoms with Crippen LogP contribution < -0.4 is 4.90 Å². The minimum absolute atomic E-state index is 0.520. The quantitative estimate of drug-likeness (QED) is 0.529. The van der Waals surface area contributed by atoms with Gasteiger partial charge in [-0.2, -0.15) is 0 Å². The van der Waals surface area contributed by atoms with Gasteiger partial charge in [0.15, 0.2) is 0 Å². The van der Waals surface area contributed by atoms with Crippen LogP contribution in [0.3, 0.4) is 0 Å². The molecule has 0 aliphatic rings. The molecule has 0 aliphatic heterocycles. The number of rotatable bonds is 7. The number of alkyl halides is 1. The van der Waals surface area contributed by atoms with E-state index in [2.05, 4.69) is 54.4 Å². The summed E-state index contributed by atoms with van der Waals surface area (Å²) in [6.07, 6.45) is 3.41. The molecule has 2 nitrogen and oxygen atoms in total. The summed E-state index contributed by atoms with van der Waals surface area (Å²) in [5.74, 6) is 0.520. The molecule has 0 bridgehead atoms. The van der Waals surface area contributed by atoms with Gasteiger partial charge in [-0.1, -0.05) is 6.07 Å². The standard InChI is InChI=1S/C17H23ClN2S/c1-13-8-14(2)10-16(9-13)20(3)7-5-4-6-17-19-15(11-18)12-21-17/h8-10,12H,4-7,11H2,1-3H3. The molecule has 2 rings (SSSR count). The minimum atomic E-state index is 0.520. The smallest absolute Gasteiger partial charge is 0.0928 e. The summed E-state index contributed by atoms with van der Waals surface area (Å²) < 4.78 is 0. The molecule has 0 spiro atoms. The van der Waals surface area contributed by atoms with E-state index in [1.165, 1.54) is 34.7 Å². The highest BCUT2D eigenvalue weighted by molar-refractivity contribution is 7.09. The number of hydrogen-bond donors (Lipinski definition) is 0. The molecule has 0 radical (unpaired) electrons. The highest BCUT2D eigenvalue weighted by Crippen LogP contribution is 2.19. The molecule has 21 heavy (non-hydrogen) atoms. The maximum Gasteiger partial charge on any atom is 0.0928 e. The van der Waals surface area contributed by atoms with Crippen molar-refractivity contribution in [1.29, 1.82) is 0 Å². The molecule has 4 heteroatoms. The fourth-order valence-corrected chi connectivity index (χ4v) is 3.52. The third kappa shape index (κ3) is 5.01. The van der Waals surface area contributed by atoms with Crippen LogP contribution in [-0.4, -0.2) is 18.6 Å². The van der Waals surface area contributed by atoms with Crippen molar-refractivity contribution in [3.05, 3.63) is 45.4 Å². The Hall–Kier alpha value is -1.06. The van der Waals surface area contributed by atoms with Crippen molar-refractivity contribution in [2.45, 2.75) is 39.0 Å². The molecule has 0 N–H and O–H groups in total. The second kappa shape index (κ2) is 7.81. The van der Waals surface area contributed by atoms with Crippen molar-refractivity contribution < 1.29 is 0 Å². The molecule has 1 aromatic heterocycles. The highest BCUT2D eigenvalue weighted by atomic mass is 35.5. The normalized spacial score (nSPS) is 10.9. The monoisotopic (exact) mass is 322 g/mol. The zero-order valence-corrected chi connectivity index (χ0v) is 14.6. The van der Waals surface area contributed by atoms with Crippen LogP contribution in [0, 0.1) is 13.8 Å². The zero-order chi connectivity index (χ0) is 15.2. The Morgan fingerprint density at radius 3 is 2.48 bits per heavy atom.